The van der Waals surface area contributed by atoms with Gasteiger partial charge in [-0.15, -0.1) is 0 Å². The lowest BCUT2D eigenvalue weighted by atomic mass is 10.2. The zero-order valence-electron chi connectivity index (χ0n) is 13.7. The number of nitrogens with zero attached hydrogens (tertiary/aromatic N) is 2. The number of aromatic nitrogens is 2. The fourth-order valence-corrected chi connectivity index (χ4v) is 2.66. The van der Waals surface area contributed by atoms with Crippen molar-refractivity contribution in [3.8, 4) is 0 Å². The van der Waals surface area contributed by atoms with Gasteiger partial charge in [0.2, 0.25) is 5.91 Å². The molecule has 6 nitrogen and oxygen atoms in total. The molecule has 0 unspecified atom stereocenters. The summed E-state index contributed by atoms with van der Waals surface area (Å²) in [5, 5.41) is 2.95. The standard InChI is InChI=1S/C18H16FN3O3/c1-11-7-8-12(19)9-14(11)20-16(23)10-22-15-6-4-3-5-13(15)17(24)21(2)18(22)25/h3-9H,10H2,1-2H3,(H,20,23). The highest BCUT2D eigenvalue weighted by molar-refractivity contribution is 5.92. The first-order chi connectivity index (χ1) is 11.9. The first kappa shape index (κ1) is 16.6. The summed E-state index contributed by atoms with van der Waals surface area (Å²) >= 11 is 0. The van der Waals surface area contributed by atoms with Crippen LogP contribution in [-0.2, 0) is 18.4 Å². The van der Waals surface area contributed by atoms with Gasteiger partial charge in [0, 0.05) is 12.7 Å². The summed E-state index contributed by atoms with van der Waals surface area (Å²) in [5.41, 5.74) is 0.411. The molecule has 0 fully saturated rings. The number of hydrogen-bond donors (Lipinski definition) is 1. The number of rotatable bonds is 3. The number of anilines is 1. The highest BCUT2D eigenvalue weighted by Gasteiger charge is 2.14. The highest BCUT2D eigenvalue weighted by Crippen LogP contribution is 2.16. The molecule has 7 heteroatoms. The number of halogens is 1. The SMILES string of the molecule is Cc1ccc(F)cc1NC(=O)Cn1c(=O)n(C)c(=O)c2ccccc21. The van der Waals surface area contributed by atoms with Crippen LogP contribution in [-0.4, -0.2) is 15.0 Å². The van der Waals surface area contributed by atoms with E-state index in [4.69, 9.17) is 0 Å². The zero-order valence-corrected chi connectivity index (χ0v) is 13.7. The van der Waals surface area contributed by atoms with Gasteiger partial charge in [0.15, 0.2) is 0 Å². The second-order valence-electron chi connectivity index (χ2n) is 5.76. The summed E-state index contributed by atoms with van der Waals surface area (Å²) in [6.45, 7) is 1.45. The van der Waals surface area contributed by atoms with Gasteiger partial charge in [0.25, 0.3) is 5.56 Å². The molecule has 1 N–H and O–H groups in total. The molecule has 0 aliphatic rings. The lowest BCUT2D eigenvalue weighted by Crippen LogP contribution is -2.40. The van der Waals surface area contributed by atoms with Crippen molar-refractivity contribution in [2.75, 3.05) is 5.32 Å². The Labute approximate surface area is 142 Å². The number of nitrogens with one attached hydrogen (secondary N) is 1. The number of hydrogen-bond acceptors (Lipinski definition) is 3. The smallest absolute Gasteiger partial charge is 0.324 e. The number of amides is 1. The average Bonchev–Trinajstić information content (AvgIpc) is 2.60. The maximum Gasteiger partial charge on any atom is 0.331 e. The van der Waals surface area contributed by atoms with Crippen molar-refractivity contribution in [3.05, 3.63) is 74.7 Å². The molecule has 0 aliphatic carbocycles. The minimum Gasteiger partial charge on any atom is -0.324 e. The summed E-state index contributed by atoms with van der Waals surface area (Å²) in [4.78, 5) is 36.9. The summed E-state index contributed by atoms with van der Waals surface area (Å²) in [7, 11) is 1.36. The van der Waals surface area contributed by atoms with Gasteiger partial charge < -0.3 is 5.32 Å². The molecule has 0 aliphatic heterocycles. The van der Waals surface area contributed by atoms with Gasteiger partial charge >= 0.3 is 5.69 Å². The van der Waals surface area contributed by atoms with Gasteiger partial charge in [0.1, 0.15) is 12.4 Å². The van der Waals surface area contributed by atoms with E-state index in [0.717, 1.165) is 4.57 Å². The van der Waals surface area contributed by atoms with Gasteiger partial charge in [0.05, 0.1) is 10.9 Å². The van der Waals surface area contributed by atoms with Crippen LogP contribution in [0.15, 0.2) is 52.1 Å². The van der Waals surface area contributed by atoms with Crippen molar-refractivity contribution in [1.82, 2.24) is 9.13 Å². The number of fused-ring (bicyclic) bond motifs is 1. The molecule has 0 radical (unpaired) electrons. The third-order valence-corrected chi connectivity index (χ3v) is 4.02. The van der Waals surface area contributed by atoms with Crippen molar-refractivity contribution in [3.63, 3.8) is 0 Å². The van der Waals surface area contributed by atoms with Gasteiger partial charge in [-0.1, -0.05) is 18.2 Å². The van der Waals surface area contributed by atoms with Crippen molar-refractivity contribution in [1.29, 1.82) is 0 Å². The zero-order chi connectivity index (χ0) is 18.1. The second kappa shape index (κ2) is 6.35. The molecule has 2 aromatic carbocycles. The minimum absolute atomic E-state index is 0.288. The average molecular weight is 341 g/mol. The van der Waals surface area contributed by atoms with Crippen molar-refractivity contribution in [2.45, 2.75) is 13.5 Å². The van der Waals surface area contributed by atoms with Gasteiger partial charge in [-0.3, -0.25) is 18.7 Å². The van der Waals surface area contributed by atoms with Crippen LogP contribution in [0, 0.1) is 12.7 Å². The molecule has 1 amide bonds. The van der Waals surface area contributed by atoms with Crippen molar-refractivity contribution >= 4 is 22.5 Å². The Kier molecular flexibility index (Phi) is 4.22. The summed E-state index contributed by atoms with van der Waals surface area (Å²) in [5.74, 6) is -0.953. The van der Waals surface area contributed by atoms with Gasteiger partial charge in [-0.25, -0.2) is 9.18 Å². The molecule has 0 saturated carbocycles. The second-order valence-corrected chi connectivity index (χ2v) is 5.76. The topological polar surface area (TPSA) is 73.1 Å². The molecule has 128 valence electrons. The van der Waals surface area contributed by atoms with E-state index in [0.29, 0.717) is 22.2 Å². The van der Waals surface area contributed by atoms with E-state index in [9.17, 15) is 18.8 Å². The Balaban J connectivity index is 2.01. The maximum absolute atomic E-state index is 13.3. The molecule has 0 atom stereocenters. The first-order valence-electron chi connectivity index (χ1n) is 7.63. The fraction of sp³-hybridized carbons (Fsp3) is 0.167. The molecule has 1 heterocycles. The summed E-state index contributed by atoms with van der Waals surface area (Å²) < 4.78 is 15.5. The molecule has 3 rings (SSSR count). The lowest BCUT2D eigenvalue weighted by molar-refractivity contribution is -0.116. The van der Waals surface area contributed by atoms with Crippen LogP contribution in [0.1, 0.15) is 5.56 Å². The first-order valence-corrected chi connectivity index (χ1v) is 7.63. The summed E-state index contributed by atoms with van der Waals surface area (Å²) in [6, 6.07) is 10.7. The Morgan fingerprint density at radius 1 is 1.16 bits per heavy atom. The molecular weight excluding hydrogens is 325 g/mol. The number of para-hydroxylation sites is 1. The molecule has 1 aromatic heterocycles. The number of aryl methyl sites for hydroxylation is 1. The van der Waals surface area contributed by atoms with Crippen molar-refractivity contribution in [2.24, 2.45) is 7.05 Å². The minimum atomic E-state index is -0.588. The van der Waals surface area contributed by atoms with Crippen LogP contribution >= 0.6 is 0 Å². The third kappa shape index (κ3) is 3.08. The number of carbonyl (C=O) groups is 1. The van der Waals surface area contributed by atoms with E-state index < -0.39 is 23.0 Å². The Hall–Kier alpha value is -3.22. The highest BCUT2D eigenvalue weighted by atomic mass is 19.1. The predicted molar refractivity (Wildman–Crippen MR) is 93.2 cm³/mol. The van der Waals surface area contributed by atoms with Crippen LogP contribution in [0.4, 0.5) is 10.1 Å². The quantitative estimate of drug-likeness (QED) is 0.789. The van der Waals surface area contributed by atoms with Crippen molar-refractivity contribution < 1.29 is 9.18 Å². The molecule has 0 bridgehead atoms. The van der Waals surface area contributed by atoms with Crippen LogP contribution in [0.25, 0.3) is 10.9 Å². The number of benzene rings is 2. The van der Waals surface area contributed by atoms with Crippen LogP contribution in [0.2, 0.25) is 0 Å². The van der Waals surface area contributed by atoms with Crippen LogP contribution in [0.3, 0.4) is 0 Å². The van der Waals surface area contributed by atoms with Crippen LogP contribution < -0.4 is 16.6 Å². The Morgan fingerprint density at radius 3 is 2.64 bits per heavy atom. The third-order valence-electron chi connectivity index (χ3n) is 4.02. The fourth-order valence-electron chi connectivity index (χ4n) is 2.66. The molecule has 25 heavy (non-hydrogen) atoms. The van der Waals surface area contributed by atoms with Crippen LogP contribution in [0.5, 0.6) is 0 Å². The van der Waals surface area contributed by atoms with Gasteiger partial charge in [-0.05, 0) is 36.8 Å². The van der Waals surface area contributed by atoms with E-state index >= 15 is 0 Å². The monoisotopic (exact) mass is 341 g/mol. The normalized spacial score (nSPS) is 10.8. The van der Waals surface area contributed by atoms with Gasteiger partial charge in [-0.2, -0.15) is 0 Å². The number of carbonyl (C=O) groups excluding carboxylic acids is 1. The summed E-state index contributed by atoms with van der Waals surface area (Å²) in [6.07, 6.45) is 0. The molecule has 0 saturated heterocycles. The Morgan fingerprint density at radius 2 is 1.88 bits per heavy atom. The predicted octanol–water partition coefficient (Wildman–Crippen LogP) is 1.79. The maximum atomic E-state index is 13.3. The lowest BCUT2D eigenvalue weighted by Gasteiger charge is -2.13. The van der Waals surface area contributed by atoms with E-state index in [1.165, 1.54) is 23.7 Å². The Bertz CT molecular complexity index is 1100. The molecular formula is C18H16FN3O3. The van der Waals surface area contributed by atoms with E-state index in [-0.39, 0.29) is 6.54 Å². The van der Waals surface area contributed by atoms with E-state index in [1.54, 1.807) is 37.3 Å². The van der Waals surface area contributed by atoms with E-state index in [2.05, 4.69) is 5.32 Å². The molecule has 0 spiro atoms. The molecule has 3 aromatic rings. The van der Waals surface area contributed by atoms with E-state index in [1.807, 2.05) is 0 Å². The largest absolute Gasteiger partial charge is 0.331 e.